The lowest BCUT2D eigenvalue weighted by Crippen LogP contribution is -2.14. The topological polar surface area (TPSA) is 52.6 Å². The van der Waals surface area contributed by atoms with E-state index in [-0.39, 0.29) is 5.97 Å². The fourth-order valence-electron chi connectivity index (χ4n) is 1.31. The molecular weight excluding hydrogens is 219 g/mol. The molecule has 0 amide bonds. The van der Waals surface area contributed by atoms with Crippen molar-refractivity contribution in [2.24, 2.45) is 0 Å². The van der Waals surface area contributed by atoms with Crippen LogP contribution in [0.3, 0.4) is 0 Å². The Kier molecular flexibility index (Phi) is 4.76. The van der Waals surface area contributed by atoms with Crippen LogP contribution in [0.4, 0.5) is 0 Å². The normalized spacial score (nSPS) is 9.76. The summed E-state index contributed by atoms with van der Waals surface area (Å²) in [4.78, 5) is 21.3. The monoisotopic (exact) mass is 232 g/mol. The summed E-state index contributed by atoms with van der Waals surface area (Å²) < 4.78 is 9.71. The van der Waals surface area contributed by atoms with Crippen LogP contribution in [0.1, 0.15) is 19.4 Å². The highest BCUT2D eigenvalue weighted by molar-refractivity contribution is 6.34. The summed E-state index contributed by atoms with van der Waals surface area (Å²) in [6.45, 7) is 2.98. The molecule has 0 atom stereocenters. The molecule has 0 N–H and O–H groups in total. The van der Waals surface area contributed by atoms with Crippen LogP contribution in [0.5, 0.6) is 5.75 Å². The summed E-state index contributed by atoms with van der Waals surface area (Å²) in [5, 5.41) is 0. The van der Waals surface area contributed by atoms with Crippen molar-refractivity contribution in [3.63, 3.8) is 0 Å². The summed E-state index contributed by atoms with van der Waals surface area (Å²) in [6.07, 6.45) is 0.574. The van der Waals surface area contributed by atoms with Gasteiger partial charge >= 0.3 is 11.9 Å². The van der Waals surface area contributed by atoms with E-state index in [1.807, 2.05) is 0 Å². The van der Waals surface area contributed by atoms with Gasteiger partial charge in [0.1, 0.15) is 13.6 Å². The molecule has 0 aliphatic carbocycles. The third-order valence-corrected chi connectivity index (χ3v) is 2.02. The maximum Gasteiger partial charge on any atom is 0.308 e. The quantitative estimate of drug-likeness (QED) is 0.431. The second-order valence-corrected chi connectivity index (χ2v) is 3.56. The molecule has 88 valence electrons. The lowest BCUT2D eigenvalue weighted by molar-refractivity contribution is -0.140. The zero-order valence-corrected chi connectivity index (χ0v) is 9.86. The van der Waals surface area contributed by atoms with Gasteiger partial charge in [-0.25, -0.2) is 0 Å². The van der Waals surface area contributed by atoms with Gasteiger partial charge in [0.05, 0.1) is 6.61 Å². The van der Waals surface area contributed by atoms with Gasteiger partial charge in [0.25, 0.3) is 0 Å². The highest BCUT2D eigenvalue weighted by atomic mass is 16.5. The summed E-state index contributed by atoms with van der Waals surface area (Å²) >= 11 is 0. The van der Waals surface area contributed by atoms with Gasteiger partial charge in [0.2, 0.25) is 0 Å². The SMILES string of the molecule is [B]c1cc(CCOC(C)=O)ccc1OC(C)=O. The molecule has 0 aliphatic heterocycles. The van der Waals surface area contributed by atoms with Crippen LogP contribution in [0.2, 0.25) is 0 Å². The fourth-order valence-corrected chi connectivity index (χ4v) is 1.31. The molecule has 4 nitrogen and oxygen atoms in total. The van der Waals surface area contributed by atoms with E-state index in [1.54, 1.807) is 18.2 Å². The first kappa shape index (κ1) is 13.3. The van der Waals surface area contributed by atoms with Crippen LogP contribution < -0.4 is 10.2 Å². The Morgan fingerprint density at radius 1 is 1.24 bits per heavy atom. The predicted octanol–water partition coefficient (Wildman–Crippen LogP) is 0.511. The molecule has 0 heterocycles. The predicted molar refractivity (Wildman–Crippen MR) is 63.5 cm³/mol. The number of hydrogen-bond acceptors (Lipinski definition) is 4. The molecule has 0 bridgehead atoms. The molecule has 0 saturated carbocycles. The average molecular weight is 232 g/mol. The standard InChI is InChI=1S/C12H13BO4/c1-8(14)16-6-5-10-3-4-12(11(13)7-10)17-9(2)15/h3-4,7H,5-6H2,1-2H3. The zero-order chi connectivity index (χ0) is 12.8. The number of carbonyl (C=O) groups excluding carboxylic acids is 2. The molecule has 5 heteroatoms. The van der Waals surface area contributed by atoms with E-state index in [0.717, 1.165) is 5.56 Å². The fraction of sp³-hybridized carbons (Fsp3) is 0.333. The van der Waals surface area contributed by atoms with E-state index in [4.69, 9.17) is 17.3 Å². The molecule has 0 unspecified atom stereocenters. The number of hydrogen-bond donors (Lipinski definition) is 0. The van der Waals surface area contributed by atoms with Crippen molar-refractivity contribution in [1.82, 2.24) is 0 Å². The molecule has 0 fully saturated rings. The largest absolute Gasteiger partial charge is 0.466 e. The third-order valence-electron chi connectivity index (χ3n) is 2.02. The first-order valence-corrected chi connectivity index (χ1v) is 5.19. The van der Waals surface area contributed by atoms with Gasteiger partial charge in [0.15, 0.2) is 0 Å². The summed E-state index contributed by atoms with van der Waals surface area (Å²) in [7, 11) is 5.72. The number of esters is 2. The Bertz CT molecular complexity index is 429. The van der Waals surface area contributed by atoms with E-state index < -0.39 is 5.97 Å². The van der Waals surface area contributed by atoms with Crippen LogP contribution in [-0.4, -0.2) is 26.4 Å². The average Bonchev–Trinajstić information content (AvgIpc) is 2.21. The molecule has 0 aromatic heterocycles. The number of ether oxygens (including phenoxy) is 2. The molecule has 0 aliphatic rings. The molecule has 1 aromatic rings. The Morgan fingerprint density at radius 3 is 2.47 bits per heavy atom. The Balaban J connectivity index is 2.62. The van der Waals surface area contributed by atoms with Crippen molar-refractivity contribution >= 4 is 25.2 Å². The molecule has 17 heavy (non-hydrogen) atoms. The van der Waals surface area contributed by atoms with E-state index in [9.17, 15) is 9.59 Å². The second-order valence-electron chi connectivity index (χ2n) is 3.56. The molecule has 0 spiro atoms. The maximum absolute atomic E-state index is 10.8. The van der Waals surface area contributed by atoms with Gasteiger partial charge in [-0.3, -0.25) is 9.59 Å². The van der Waals surface area contributed by atoms with E-state index in [0.29, 0.717) is 24.2 Å². The van der Waals surface area contributed by atoms with Crippen LogP contribution in [-0.2, 0) is 20.7 Å². The Hall–Kier alpha value is -1.78. The zero-order valence-electron chi connectivity index (χ0n) is 9.86. The lowest BCUT2D eigenvalue weighted by Gasteiger charge is -2.08. The first-order valence-electron chi connectivity index (χ1n) is 5.19. The molecule has 2 radical (unpaired) electrons. The van der Waals surface area contributed by atoms with Gasteiger partial charge in [-0.15, -0.1) is 0 Å². The Morgan fingerprint density at radius 2 is 1.94 bits per heavy atom. The van der Waals surface area contributed by atoms with Gasteiger partial charge in [-0.1, -0.05) is 17.6 Å². The summed E-state index contributed by atoms with van der Waals surface area (Å²) in [5.41, 5.74) is 1.31. The smallest absolute Gasteiger partial charge is 0.308 e. The highest BCUT2D eigenvalue weighted by Gasteiger charge is 2.03. The van der Waals surface area contributed by atoms with Crippen LogP contribution in [0, 0.1) is 0 Å². The van der Waals surface area contributed by atoms with Crippen molar-refractivity contribution in [3.8, 4) is 5.75 Å². The number of carbonyl (C=O) groups is 2. The molecule has 1 rings (SSSR count). The summed E-state index contributed by atoms with van der Waals surface area (Å²) in [6, 6.07) is 5.10. The van der Waals surface area contributed by atoms with E-state index >= 15 is 0 Å². The van der Waals surface area contributed by atoms with Crippen molar-refractivity contribution in [3.05, 3.63) is 23.8 Å². The van der Waals surface area contributed by atoms with Crippen LogP contribution in [0.15, 0.2) is 18.2 Å². The van der Waals surface area contributed by atoms with Gasteiger partial charge < -0.3 is 9.47 Å². The number of benzene rings is 1. The van der Waals surface area contributed by atoms with Crippen molar-refractivity contribution in [2.45, 2.75) is 20.3 Å². The van der Waals surface area contributed by atoms with Crippen molar-refractivity contribution in [1.29, 1.82) is 0 Å². The third kappa shape index (κ3) is 4.72. The molecule has 1 aromatic carbocycles. The van der Waals surface area contributed by atoms with Crippen molar-refractivity contribution in [2.75, 3.05) is 6.61 Å². The van der Waals surface area contributed by atoms with Crippen LogP contribution >= 0.6 is 0 Å². The van der Waals surface area contributed by atoms with Gasteiger partial charge in [0, 0.05) is 20.3 Å². The molecule has 0 saturated heterocycles. The minimum absolute atomic E-state index is 0.307. The molecular formula is C12H13BO4. The van der Waals surface area contributed by atoms with E-state index in [1.165, 1.54) is 13.8 Å². The van der Waals surface area contributed by atoms with Gasteiger partial charge in [-0.05, 0) is 11.6 Å². The lowest BCUT2D eigenvalue weighted by atomic mass is 9.92. The Labute approximate surface area is 101 Å². The first-order chi connectivity index (χ1) is 7.99. The second kappa shape index (κ2) is 6.08. The van der Waals surface area contributed by atoms with Crippen LogP contribution in [0.25, 0.3) is 0 Å². The minimum atomic E-state index is -0.413. The summed E-state index contributed by atoms with van der Waals surface area (Å²) in [5.74, 6) is -0.382. The highest BCUT2D eigenvalue weighted by Crippen LogP contribution is 2.09. The van der Waals surface area contributed by atoms with Gasteiger partial charge in [-0.2, -0.15) is 0 Å². The minimum Gasteiger partial charge on any atom is -0.466 e. The maximum atomic E-state index is 10.8. The number of rotatable bonds is 4. The van der Waals surface area contributed by atoms with Crippen molar-refractivity contribution < 1.29 is 19.1 Å². The van der Waals surface area contributed by atoms with E-state index in [2.05, 4.69) is 0 Å².